The molecular formula is C13H21N3O2. The fourth-order valence-electron chi connectivity index (χ4n) is 1.79. The van der Waals surface area contributed by atoms with Crippen LogP contribution in [0.1, 0.15) is 24.2 Å². The van der Waals surface area contributed by atoms with Crippen molar-refractivity contribution in [3.63, 3.8) is 0 Å². The second-order valence-corrected chi connectivity index (χ2v) is 3.92. The number of rotatable bonds is 7. The minimum absolute atomic E-state index is 0.452. The normalized spacial score (nSPS) is 10.3. The van der Waals surface area contributed by atoms with Gasteiger partial charge in [0.1, 0.15) is 0 Å². The first-order valence-corrected chi connectivity index (χ1v) is 6.12. The van der Waals surface area contributed by atoms with Crippen molar-refractivity contribution in [2.24, 2.45) is 5.73 Å². The molecule has 5 nitrogen and oxygen atoms in total. The summed E-state index contributed by atoms with van der Waals surface area (Å²) in [5.74, 6) is -0.466. The highest BCUT2D eigenvalue weighted by Gasteiger charge is 2.13. The molecule has 0 heterocycles. The van der Waals surface area contributed by atoms with Crippen molar-refractivity contribution in [1.82, 2.24) is 0 Å². The summed E-state index contributed by atoms with van der Waals surface area (Å²) < 4.78 is 5.33. The van der Waals surface area contributed by atoms with Crippen LogP contribution in [0.5, 0.6) is 0 Å². The van der Waals surface area contributed by atoms with E-state index in [1.807, 2.05) is 19.9 Å². The largest absolute Gasteiger partial charge is 0.399 e. The SMILES string of the molecule is CCOCCN(CC)c1ccc(N)cc1C(N)=O. The van der Waals surface area contributed by atoms with E-state index in [1.54, 1.807) is 12.1 Å². The predicted octanol–water partition coefficient (Wildman–Crippen LogP) is 1.23. The van der Waals surface area contributed by atoms with Crippen molar-refractivity contribution in [3.05, 3.63) is 23.8 Å². The quantitative estimate of drug-likeness (QED) is 0.564. The summed E-state index contributed by atoms with van der Waals surface area (Å²) in [6.07, 6.45) is 0. The number of carbonyl (C=O) groups excluding carboxylic acids is 1. The Morgan fingerprint density at radius 1 is 1.39 bits per heavy atom. The fourth-order valence-corrected chi connectivity index (χ4v) is 1.79. The number of ether oxygens (including phenoxy) is 1. The Bertz CT molecular complexity index is 407. The molecule has 18 heavy (non-hydrogen) atoms. The zero-order chi connectivity index (χ0) is 13.5. The Hall–Kier alpha value is -1.75. The van der Waals surface area contributed by atoms with Gasteiger partial charge in [-0.3, -0.25) is 4.79 Å². The third-order valence-corrected chi connectivity index (χ3v) is 2.72. The summed E-state index contributed by atoms with van der Waals surface area (Å²) >= 11 is 0. The molecule has 1 amide bonds. The fraction of sp³-hybridized carbons (Fsp3) is 0.462. The van der Waals surface area contributed by atoms with E-state index in [2.05, 4.69) is 4.90 Å². The van der Waals surface area contributed by atoms with E-state index >= 15 is 0 Å². The second-order valence-electron chi connectivity index (χ2n) is 3.92. The van der Waals surface area contributed by atoms with E-state index < -0.39 is 5.91 Å². The first-order valence-electron chi connectivity index (χ1n) is 6.12. The molecule has 0 unspecified atom stereocenters. The van der Waals surface area contributed by atoms with E-state index in [4.69, 9.17) is 16.2 Å². The number of hydrogen-bond donors (Lipinski definition) is 2. The lowest BCUT2D eigenvalue weighted by molar-refractivity contribution is 0.100. The van der Waals surface area contributed by atoms with Gasteiger partial charge in [-0.15, -0.1) is 0 Å². The zero-order valence-electron chi connectivity index (χ0n) is 11.0. The number of nitrogen functional groups attached to an aromatic ring is 1. The molecule has 0 aliphatic carbocycles. The topological polar surface area (TPSA) is 81.6 Å². The monoisotopic (exact) mass is 251 g/mol. The standard InChI is InChI=1S/C13H21N3O2/c1-3-16(7-8-18-4-2)12-6-5-10(14)9-11(12)13(15)17/h5-6,9H,3-4,7-8,14H2,1-2H3,(H2,15,17). The molecule has 0 radical (unpaired) electrons. The average Bonchev–Trinajstić information content (AvgIpc) is 2.35. The Balaban J connectivity index is 2.93. The number of anilines is 2. The third kappa shape index (κ3) is 3.63. The van der Waals surface area contributed by atoms with Gasteiger partial charge in [-0.05, 0) is 32.0 Å². The predicted molar refractivity (Wildman–Crippen MR) is 73.8 cm³/mol. The van der Waals surface area contributed by atoms with Gasteiger partial charge in [0.15, 0.2) is 0 Å². The molecule has 1 rings (SSSR count). The van der Waals surface area contributed by atoms with Crippen LogP contribution in [-0.4, -0.2) is 32.2 Å². The van der Waals surface area contributed by atoms with Crippen LogP contribution in [0.4, 0.5) is 11.4 Å². The van der Waals surface area contributed by atoms with Crippen molar-refractivity contribution in [1.29, 1.82) is 0 Å². The molecule has 0 atom stereocenters. The number of amides is 1. The van der Waals surface area contributed by atoms with Crippen molar-refractivity contribution < 1.29 is 9.53 Å². The highest BCUT2D eigenvalue weighted by Crippen LogP contribution is 2.22. The van der Waals surface area contributed by atoms with Gasteiger partial charge < -0.3 is 21.1 Å². The minimum atomic E-state index is -0.466. The highest BCUT2D eigenvalue weighted by molar-refractivity contribution is 5.99. The molecule has 0 bridgehead atoms. The van der Waals surface area contributed by atoms with E-state index in [0.29, 0.717) is 31.0 Å². The summed E-state index contributed by atoms with van der Waals surface area (Å²) in [5, 5.41) is 0. The zero-order valence-corrected chi connectivity index (χ0v) is 11.0. The van der Waals surface area contributed by atoms with Gasteiger partial charge in [-0.25, -0.2) is 0 Å². The lowest BCUT2D eigenvalue weighted by atomic mass is 10.1. The van der Waals surface area contributed by atoms with Gasteiger partial charge in [0.2, 0.25) is 0 Å². The first-order chi connectivity index (χ1) is 8.60. The molecule has 0 aliphatic heterocycles. The van der Waals surface area contributed by atoms with Crippen LogP contribution in [0.15, 0.2) is 18.2 Å². The third-order valence-electron chi connectivity index (χ3n) is 2.72. The molecule has 0 fully saturated rings. The number of primary amides is 1. The van der Waals surface area contributed by atoms with Crippen LogP contribution in [0.2, 0.25) is 0 Å². The number of hydrogen-bond acceptors (Lipinski definition) is 4. The Morgan fingerprint density at radius 2 is 2.11 bits per heavy atom. The smallest absolute Gasteiger partial charge is 0.250 e. The van der Waals surface area contributed by atoms with Crippen molar-refractivity contribution in [2.75, 3.05) is 36.9 Å². The Labute approximate surface area is 108 Å². The van der Waals surface area contributed by atoms with E-state index in [-0.39, 0.29) is 0 Å². The summed E-state index contributed by atoms with van der Waals surface area (Å²) in [6, 6.07) is 5.21. The number of likely N-dealkylation sites (N-methyl/N-ethyl adjacent to an activating group) is 1. The van der Waals surface area contributed by atoms with Crippen LogP contribution < -0.4 is 16.4 Å². The number of benzene rings is 1. The number of nitrogens with zero attached hydrogens (tertiary/aromatic N) is 1. The van der Waals surface area contributed by atoms with E-state index in [1.165, 1.54) is 0 Å². The molecular weight excluding hydrogens is 230 g/mol. The molecule has 1 aromatic carbocycles. The molecule has 1 aromatic rings. The van der Waals surface area contributed by atoms with Crippen molar-refractivity contribution >= 4 is 17.3 Å². The van der Waals surface area contributed by atoms with E-state index in [9.17, 15) is 4.79 Å². The molecule has 0 saturated heterocycles. The van der Waals surface area contributed by atoms with Crippen LogP contribution in [0.25, 0.3) is 0 Å². The average molecular weight is 251 g/mol. The van der Waals surface area contributed by atoms with E-state index in [0.717, 1.165) is 12.2 Å². The Morgan fingerprint density at radius 3 is 2.67 bits per heavy atom. The molecule has 100 valence electrons. The van der Waals surface area contributed by atoms with Gasteiger partial charge in [0.25, 0.3) is 5.91 Å². The maximum atomic E-state index is 11.4. The molecule has 0 spiro atoms. The Kier molecular flexibility index (Phi) is 5.45. The molecule has 0 saturated carbocycles. The summed E-state index contributed by atoms with van der Waals surface area (Å²) in [6.45, 7) is 6.77. The van der Waals surface area contributed by atoms with Crippen molar-refractivity contribution in [3.8, 4) is 0 Å². The molecule has 0 aromatic heterocycles. The van der Waals surface area contributed by atoms with Gasteiger partial charge >= 0.3 is 0 Å². The molecule has 4 N–H and O–H groups in total. The summed E-state index contributed by atoms with van der Waals surface area (Å²) in [5.41, 5.74) is 12.8. The first kappa shape index (κ1) is 14.3. The molecule has 0 aliphatic rings. The lowest BCUT2D eigenvalue weighted by Crippen LogP contribution is -2.29. The van der Waals surface area contributed by atoms with Crippen LogP contribution in [-0.2, 0) is 4.74 Å². The van der Waals surface area contributed by atoms with Gasteiger partial charge in [0.05, 0.1) is 12.2 Å². The number of carbonyl (C=O) groups is 1. The van der Waals surface area contributed by atoms with Gasteiger partial charge in [-0.2, -0.15) is 0 Å². The minimum Gasteiger partial charge on any atom is -0.399 e. The van der Waals surface area contributed by atoms with Crippen LogP contribution >= 0.6 is 0 Å². The lowest BCUT2D eigenvalue weighted by Gasteiger charge is -2.25. The number of nitrogens with two attached hydrogens (primary N) is 2. The maximum absolute atomic E-state index is 11.4. The maximum Gasteiger partial charge on any atom is 0.250 e. The van der Waals surface area contributed by atoms with Crippen molar-refractivity contribution in [2.45, 2.75) is 13.8 Å². The van der Waals surface area contributed by atoms with Crippen LogP contribution in [0.3, 0.4) is 0 Å². The highest BCUT2D eigenvalue weighted by atomic mass is 16.5. The second kappa shape index (κ2) is 6.86. The summed E-state index contributed by atoms with van der Waals surface area (Å²) in [4.78, 5) is 13.5. The van der Waals surface area contributed by atoms with Crippen LogP contribution in [0, 0.1) is 0 Å². The van der Waals surface area contributed by atoms with Gasteiger partial charge in [0, 0.05) is 31.1 Å². The summed E-state index contributed by atoms with van der Waals surface area (Å²) in [7, 11) is 0. The molecule has 5 heteroatoms. The van der Waals surface area contributed by atoms with Gasteiger partial charge in [-0.1, -0.05) is 0 Å².